The van der Waals surface area contributed by atoms with Gasteiger partial charge >= 0.3 is 5.97 Å². The lowest BCUT2D eigenvalue weighted by Gasteiger charge is -2.08. The summed E-state index contributed by atoms with van der Waals surface area (Å²) >= 11 is 1.33. The summed E-state index contributed by atoms with van der Waals surface area (Å²) in [5.74, 6) is 0.0431. The van der Waals surface area contributed by atoms with Crippen molar-refractivity contribution in [3.63, 3.8) is 0 Å². The molecule has 0 N–H and O–H groups in total. The Balaban J connectivity index is 2.11. The second kappa shape index (κ2) is 8.71. The number of carbonyl (C=O) groups excluding carboxylic acids is 2. The third-order valence-electron chi connectivity index (χ3n) is 4.01. The Hall–Kier alpha value is -3.13. The van der Waals surface area contributed by atoms with Crippen molar-refractivity contribution >= 4 is 33.4 Å². The van der Waals surface area contributed by atoms with Gasteiger partial charge in [-0.05, 0) is 37.3 Å². The van der Waals surface area contributed by atoms with Gasteiger partial charge in [-0.15, -0.1) is 0 Å². The van der Waals surface area contributed by atoms with Crippen LogP contribution >= 0.6 is 11.3 Å². The van der Waals surface area contributed by atoms with Gasteiger partial charge in [-0.3, -0.25) is 9.59 Å². The van der Waals surface area contributed by atoms with Gasteiger partial charge in [0.15, 0.2) is 4.80 Å². The third kappa shape index (κ3) is 4.07. The average Bonchev–Trinajstić information content (AvgIpc) is 3.04. The normalized spacial score (nSPS) is 11.5. The van der Waals surface area contributed by atoms with E-state index in [0.29, 0.717) is 16.3 Å². The number of benzene rings is 2. The highest BCUT2D eigenvalue weighted by Gasteiger charge is 2.16. The van der Waals surface area contributed by atoms with Crippen molar-refractivity contribution in [2.45, 2.75) is 13.5 Å². The van der Waals surface area contributed by atoms with Crippen LogP contribution in [0.3, 0.4) is 0 Å². The summed E-state index contributed by atoms with van der Waals surface area (Å²) in [7, 11) is 3.01. The molecular weight excluding hydrogens is 380 g/mol. The van der Waals surface area contributed by atoms with Crippen molar-refractivity contribution in [3.05, 3.63) is 52.8 Å². The standard InChI is InChI=1S/C20H20N2O5S/c1-4-27-18(23)12-22-15-7-5-6-8-17(15)28-20(22)21-19(24)14-11-13(25-2)9-10-16(14)26-3/h5-11H,4,12H2,1-3H3. The zero-order valence-corrected chi connectivity index (χ0v) is 16.6. The predicted octanol–water partition coefficient (Wildman–Crippen LogP) is 3.02. The van der Waals surface area contributed by atoms with Crippen LogP contribution in [0.25, 0.3) is 10.2 Å². The molecule has 2 aromatic carbocycles. The number of nitrogens with zero attached hydrogens (tertiary/aromatic N) is 2. The van der Waals surface area contributed by atoms with Crippen molar-refractivity contribution in [2.75, 3.05) is 20.8 Å². The first-order valence-electron chi connectivity index (χ1n) is 8.62. The van der Waals surface area contributed by atoms with Gasteiger partial charge in [-0.1, -0.05) is 23.5 Å². The number of hydrogen-bond donors (Lipinski definition) is 0. The SMILES string of the molecule is CCOC(=O)Cn1c(=NC(=O)c2cc(OC)ccc2OC)sc2ccccc21. The number of ether oxygens (including phenoxy) is 3. The predicted molar refractivity (Wildman–Crippen MR) is 106 cm³/mol. The molecule has 1 heterocycles. The highest BCUT2D eigenvalue weighted by atomic mass is 32.1. The maximum absolute atomic E-state index is 12.9. The molecule has 3 aromatic rings. The lowest BCUT2D eigenvalue weighted by atomic mass is 10.2. The van der Waals surface area contributed by atoms with Crippen LogP contribution in [0.5, 0.6) is 11.5 Å². The first-order chi connectivity index (χ1) is 13.6. The summed E-state index contributed by atoms with van der Waals surface area (Å²) < 4.78 is 18.1. The number of thiazole rings is 1. The Labute approximate surface area is 165 Å². The second-order valence-electron chi connectivity index (χ2n) is 5.73. The Bertz CT molecular complexity index is 1080. The molecule has 0 fully saturated rings. The molecule has 146 valence electrons. The van der Waals surface area contributed by atoms with Gasteiger partial charge in [0.1, 0.15) is 18.0 Å². The van der Waals surface area contributed by atoms with Crippen molar-refractivity contribution in [1.29, 1.82) is 0 Å². The molecule has 0 spiro atoms. The van der Waals surface area contributed by atoms with Crippen molar-refractivity contribution < 1.29 is 23.8 Å². The topological polar surface area (TPSA) is 79.1 Å². The number of amides is 1. The molecule has 0 unspecified atom stereocenters. The van der Waals surface area contributed by atoms with E-state index in [4.69, 9.17) is 14.2 Å². The van der Waals surface area contributed by atoms with Crippen LogP contribution in [0.2, 0.25) is 0 Å². The minimum atomic E-state index is -0.486. The number of esters is 1. The van der Waals surface area contributed by atoms with Crippen LogP contribution < -0.4 is 14.3 Å². The number of hydrogen-bond acceptors (Lipinski definition) is 6. The van der Waals surface area contributed by atoms with E-state index in [1.165, 1.54) is 25.6 Å². The number of rotatable bonds is 6. The molecule has 0 atom stereocenters. The van der Waals surface area contributed by atoms with Crippen LogP contribution in [0.1, 0.15) is 17.3 Å². The summed E-state index contributed by atoms with van der Waals surface area (Å²) in [5, 5.41) is 0. The molecule has 0 saturated carbocycles. The summed E-state index contributed by atoms with van der Waals surface area (Å²) in [4.78, 5) is 29.6. The first kappa shape index (κ1) is 19.6. The molecule has 0 aliphatic rings. The second-order valence-corrected chi connectivity index (χ2v) is 6.74. The van der Waals surface area contributed by atoms with Crippen LogP contribution in [-0.4, -0.2) is 37.3 Å². The lowest BCUT2D eigenvalue weighted by Crippen LogP contribution is -2.23. The largest absolute Gasteiger partial charge is 0.497 e. The van der Waals surface area contributed by atoms with Gasteiger partial charge in [0, 0.05) is 0 Å². The number of aromatic nitrogens is 1. The minimum absolute atomic E-state index is 0.0286. The molecule has 0 radical (unpaired) electrons. The molecule has 28 heavy (non-hydrogen) atoms. The quantitative estimate of drug-likeness (QED) is 0.594. The highest BCUT2D eigenvalue weighted by Crippen LogP contribution is 2.25. The van der Waals surface area contributed by atoms with Gasteiger partial charge in [-0.2, -0.15) is 4.99 Å². The zero-order valence-electron chi connectivity index (χ0n) is 15.8. The van der Waals surface area contributed by atoms with E-state index in [9.17, 15) is 9.59 Å². The molecule has 3 rings (SSSR count). The monoisotopic (exact) mass is 400 g/mol. The van der Waals surface area contributed by atoms with E-state index >= 15 is 0 Å². The van der Waals surface area contributed by atoms with E-state index in [1.807, 2.05) is 24.3 Å². The fourth-order valence-electron chi connectivity index (χ4n) is 2.72. The number of carbonyl (C=O) groups is 2. The molecule has 0 bridgehead atoms. The molecular formula is C20H20N2O5S. The third-order valence-corrected chi connectivity index (χ3v) is 5.07. The molecule has 8 heteroatoms. The van der Waals surface area contributed by atoms with Crippen LogP contribution in [0, 0.1) is 0 Å². The highest BCUT2D eigenvalue weighted by molar-refractivity contribution is 7.16. The Kier molecular flexibility index (Phi) is 6.10. The van der Waals surface area contributed by atoms with Crippen molar-refractivity contribution in [1.82, 2.24) is 4.57 Å². The molecule has 0 saturated heterocycles. The maximum Gasteiger partial charge on any atom is 0.326 e. The number of para-hydroxylation sites is 1. The molecule has 7 nitrogen and oxygen atoms in total. The van der Waals surface area contributed by atoms with Crippen LogP contribution in [-0.2, 0) is 16.1 Å². The maximum atomic E-state index is 12.9. The zero-order chi connectivity index (χ0) is 20.1. The Morgan fingerprint density at radius 1 is 1.11 bits per heavy atom. The van der Waals surface area contributed by atoms with Crippen molar-refractivity contribution in [2.24, 2.45) is 4.99 Å². The summed E-state index contributed by atoms with van der Waals surface area (Å²) in [6, 6.07) is 12.5. The van der Waals surface area contributed by atoms with Gasteiger partial charge in [0.25, 0.3) is 5.91 Å². The smallest absolute Gasteiger partial charge is 0.326 e. The Morgan fingerprint density at radius 2 is 1.89 bits per heavy atom. The van der Waals surface area contributed by atoms with Crippen LogP contribution in [0.15, 0.2) is 47.5 Å². The van der Waals surface area contributed by atoms with Gasteiger partial charge in [-0.25, -0.2) is 0 Å². The lowest BCUT2D eigenvalue weighted by molar-refractivity contribution is -0.143. The Morgan fingerprint density at radius 3 is 2.61 bits per heavy atom. The van der Waals surface area contributed by atoms with E-state index < -0.39 is 5.91 Å². The van der Waals surface area contributed by atoms with Crippen LogP contribution in [0.4, 0.5) is 0 Å². The van der Waals surface area contributed by atoms with Gasteiger partial charge in [0.05, 0.1) is 36.6 Å². The average molecular weight is 400 g/mol. The van der Waals surface area contributed by atoms with Gasteiger partial charge in [0.2, 0.25) is 0 Å². The van der Waals surface area contributed by atoms with E-state index in [2.05, 4.69) is 4.99 Å². The van der Waals surface area contributed by atoms with E-state index in [-0.39, 0.29) is 24.7 Å². The molecule has 0 aliphatic carbocycles. The summed E-state index contributed by atoms with van der Waals surface area (Å²) in [6.07, 6.45) is 0. The molecule has 0 aliphatic heterocycles. The fraction of sp³-hybridized carbons (Fsp3) is 0.250. The summed E-state index contributed by atoms with van der Waals surface area (Å²) in [5.41, 5.74) is 1.09. The number of methoxy groups -OCH3 is 2. The molecule has 1 aromatic heterocycles. The van der Waals surface area contributed by atoms with E-state index in [1.54, 1.807) is 29.7 Å². The van der Waals surface area contributed by atoms with Crippen molar-refractivity contribution in [3.8, 4) is 11.5 Å². The van der Waals surface area contributed by atoms with Gasteiger partial charge < -0.3 is 18.8 Å². The first-order valence-corrected chi connectivity index (χ1v) is 9.44. The molecule has 1 amide bonds. The minimum Gasteiger partial charge on any atom is -0.497 e. The summed E-state index contributed by atoms with van der Waals surface area (Å²) in [6.45, 7) is 2.01. The fourth-order valence-corrected chi connectivity index (χ4v) is 3.75. The van der Waals surface area contributed by atoms with E-state index in [0.717, 1.165) is 10.2 Å². The number of fused-ring (bicyclic) bond motifs is 1.